The molecule has 1 aromatic carbocycles. The molecule has 0 spiro atoms. The van der Waals surface area contributed by atoms with Crippen LogP contribution in [0.25, 0.3) is 0 Å². The van der Waals surface area contributed by atoms with Crippen LogP contribution in [0.3, 0.4) is 0 Å². The summed E-state index contributed by atoms with van der Waals surface area (Å²) in [7, 11) is 1.73. The normalized spacial score (nSPS) is 13.0. The first kappa shape index (κ1) is 12.5. The van der Waals surface area contributed by atoms with E-state index < -0.39 is 0 Å². The Bertz CT molecular complexity index is 434. The number of carbonyl (C=O) groups is 1. The molecule has 0 aliphatic carbocycles. The van der Waals surface area contributed by atoms with Crippen LogP contribution in [-0.2, 0) is 0 Å². The van der Waals surface area contributed by atoms with Crippen LogP contribution >= 0.6 is 0 Å². The Hall–Kier alpha value is -1.91. The third-order valence-electron chi connectivity index (χ3n) is 2.74. The number of hydrogen-bond donors (Lipinski definition) is 1. The van der Waals surface area contributed by atoms with Crippen LogP contribution in [0.15, 0.2) is 18.2 Å². The van der Waals surface area contributed by atoms with Crippen molar-refractivity contribution in [1.29, 1.82) is 0 Å². The number of rotatable bonds is 3. The number of nitrogens with zero attached hydrogens (tertiary/aromatic N) is 1. The molecule has 2 amide bonds. The Balaban J connectivity index is 2.10. The highest BCUT2D eigenvalue weighted by atomic mass is 16.6. The zero-order chi connectivity index (χ0) is 13.0. The molecule has 18 heavy (non-hydrogen) atoms. The van der Waals surface area contributed by atoms with Crippen molar-refractivity contribution >= 4 is 11.7 Å². The Morgan fingerprint density at radius 1 is 1.33 bits per heavy atom. The van der Waals surface area contributed by atoms with Gasteiger partial charge in [0.1, 0.15) is 13.2 Å². The van der Waals surface area contributed by atoms with Gasteiger partial charge >= 0.3 is 6.03 Å². The van der Waals surface area contributed by atoms with Crippen molar-refractivity contribution in [1.82, 2.24) is 5.32 Å². The van der Waals surface area contributed by atoms with Crippen molar-refractivity contribution in [2.75, 3.05) is 31.7 Å². The molecule has 1 heterocycles. The molecule has 1 aliphatic heterocycles. The molecule has 2 rings (SSSR count). The van der Waals surface area contributed by atoms with Crippen molar-refractivity contribution < 1.29 is 14.3 Å². The largest absolute Gasteiger partial charge is 0.486 e. The molecule has 5 nitrogen and oxygen atoms in total. The number of nitrogens with one attached hydrogen (secondary N) is 1. The lowest BCUT2D eigenvalue weighted by Crippen LogP contribution is -2.37. The highest BCUT2D eigenvalue weighted by Crippen LogP contribution is 2.33. The molecule has 0 atom stereocenters. The van der Waals surface area contributed by atoms with Crippen LogP contribution in [0.2, 0.25) is 0 Å². The van der Waals surface area contributed by atoms with E-state index in [0.29, 0.717) is 25.5 Å². The molecule has 0 aromatic heterocycles. The van der Waals surface area contributed by atoms with Crippen molar-refractivity contribution in [3.63, 3.8) is 0 Å². The zero-order valence-electron chi connectivity index (χ0n) is 10.7. The summed E-state index contributed by atoms with van der Waals surface area (Å²) < 4.78 is 10.9. The van der Waals surface area contributed by atoms with Crippen molar-refractivity contribution in [2.24, 2.45) is 0 Å². The molecule has 0 radical (unpaired) electrons. The first-order valence-corrected chi connectivity index (χ1v) is 6.13. The van der Waals surface area contributed by atoms with E-state index in [9.17, 15) is 4.79 Å². The summed E-state index contributed by atoms with van der Waals surface area (Å²) in [5.41, 5.74) is 0.785. The van der Waals surface area contributed by atoms with E-state index in [2.05, 4.69) is 5.32 Å². The van der Waals surface area contributed by atoms with Gasteiger partial charge in [-0.1, -0.05) is 6.92 Å². The molecule has 98 valence electrons. The number of amides is 2. The van der Waals surface area contributed by atoms with Gasteiger partial charge in [0.25, 0.3) is 0 Å². The molecule has 1 N–H and O–H groups in total. The van der Waals surface area contributed by atoms with Gasteiger partial charge in [-0.15, -0.1) is 0 Å². The average molecular weight is 250 g/mol. The second-order valence-electron chi connectivity index (χ2n) is 4.12. The van der Waals surface area contributed by atoms with E-state index in [1.54, 1.807) is 11.9 Å². The molecule has 0 saturated carbocycles. The Morgan fingerprint density at radius 2 is 2.06 bits per heavy atom. The highest BCUT2D eigenvalue weighted by molar-refractivity contribution is 5.91. The molecular formula is C13H18N2O3. The smallest absolute Gasteiger partial charge is 0.321 e. The zero-order valence-corrected chi connectivity index (χ0v) is 10.7. The fraction of sp³-hybridized carbons (Fsp3) is 0.462. The fourth-order valence-electron chi connectivity index (χ4n) is 1.71. The van der Waals surface area contributed by atoms with Gasteiger partial charge in [0.05, 0.1) is 0 Å². The van der Waals surface area contributed by atoms with E-state index in [1.807, 2.05) is 25.1 Å². The predicted octanol–water partition coefficient (Wildman–Crippen LogP) is 2.01. The van der Waals surface area contributed by atoms with Crippen LogP contribution in [0.5, 0.6) is 11.5 Å². The first-order chi connectivity index (χ1) is 8.72. The molecule has 1 aliphatic rings. The van der Waals surface area contributed by atoms with Gasteiger partial charge < -0.3 is 14.8 Å². The number of carbonyl (C=O) groups excluding carboxylic acids is 1. The number of anilines is 1. The average Bonchev–Trinajstić information content (AvgIpc) is 2.43. The summed E-state index contributed by atoms with van der Waals surface area (Å²) in [5, 5.41) is 2.83. The summed E-state index contributed by atoms with van der Waals surface area (Å²) >= 11 is 0. The quantitative estimate of drug-likeness (QED) is 0.892. The number of benzene rings is 1. The Morgan fingerprint density at radius 3 is 2.78 bits per heavy atom. The first-order valence-electron chi connectivity index (χ1n) is 6.13. The van der Waals surface area contributed by atoms with Crippen LogP contribution in [0.1, 0.15) is 13.3 Å². The summed E-state index contributed by atoms with van der Waals surface area (Å²) in [4.78, 5) is 13.4. The van der Waals surface area contributed by atoms with Crippen molar-refractivity contribution in [2.45, 2.75) is 13.3 Å². The summed E-state index contributed by atoms with van der Waals surface area (Å²) in [6.45, 7) is 3.81. The minimum absolute atomic E-state index is 0.117. The van der Waals surface area contributed by atoms with Gasteiger partial charge in [0, 0.05) is 25.3 Å². The predicted molar refractivity (Wildman–Crippen MR) is 69.5 cm³/mol. The van der Waals surface area contributed by atoms with E-state index in [-0.39, 0.29) is 6.03 Å². The second-order valence-corrected chi connectivity index (χ2v) is 4.12. The third kappa shape index (κ3) is 2.67. The standard InChI is InChI=1S/C13H18N2O3/c1-3-6-14-13(16)15(2)10-4-5-11-12(9-10)18-8-7-17-11/h4-5,9H,3,6-8H2,1-2H3,(H,14,16). The van der Waals surface area contributed by atoms with Gasteiger partial charge in [0.15, 0.2) is 11.5 Å². The van der Waals surface area contributed by atoms with E-state index in [0.717, 1.165) is 17.9 Å². The van der Waals surface area contributed by atoms with Crippen LogP contribution in [0.4, 0.5) is 10.5 Å². The maximum Gasteiger partial charge on any atom is 0.321 e. The Kier molecular flexibility index (Phi) is 3.92. The summed E-state index contributed by atoms with van der Waals surface area (Å²) in [6.07, 6.45) is 0.917. The van der Waals surface area contributed by atoms with Gasteiger partial charge in [-0.2, -0.15) is 0 Å². The molecule has 1 aromatic rings. The fourth-order valence-corrected chi connectivity index (χ4v) is 1.71. The highest BCUT2D eigenvalue weighted by Gasteiger charge is 2.15. The number of urea groups is 1. The minimum Gasteiger partial charge on any atom is -0.486 e. The van der Waals surface area contributed by atoms with Crippen LogP contribution in [-0.4, -0.2) is 32.8 Å². The van der Waals surface area contributed by atoms with Gasteiger partial charge in [-0.3, -0.25) is 4.90 Å². The maximum absolute atomic E-state index is 11.8. The van der Waals surface area contributed by atoms with Gasteiger partial charge in [-0.05, 0) is 18.6 Å². The lowest BCUT2D eigenvalue weighted by molar-refractivity contribution is 0.171. The molecule has 0 saturated heterocycles. The van der Waals surface area contributed by atoms with Crippen molar-refractivity contribution in [3.8, 4) is 11.5 Å². The van der Waals surface area contributed by atoms with E-state index in [4.69, 9.17) is 9.47 Å². The molecule has 0 fully saturated rings. The SMILES string of the molecule is CCCNC(=O)N(C)c1ccc2c(c1)OCCO2. The molecular weight excluding hydrogens is 232 g/mol. The summed E-state index contributed by atoms with van der Waals surface area (Å²) in [6, 6.07) is 5.38. The van der Waals surface area contributed by atoms with Crippen molar-refractivity contribution in [3.05, 3.63) is 18.2 Å². The number of ether oxygens (including phenoxy) is 2. The van der Waals surface area contributed by atoms with Gasteiger partial charge in [0.2, 0.25) is 0 Å². The van der Waals surface area contributed by atoms with Crippen LogP contribution in [0, 0.1) is 0 Å². The molecule has 5 heteroatoms. The Labute approximate surface area is 107 Å². The summed E-state index contributed by atoms with van der Waals surface area (Å²) in [5.74, 6) is 1.42. The minimum atomic E-state index is -0.117. The van der Waals surface area contributed by atoms with Gasteiger partial charge in [-0.25, -0.2) is 4.79 Å². The lowest BCUT2D eigenvalue weighted by Gasteiger charge is -2.22. The topological polar surface area (TPSA) is 50.8 Å². The van der Waals surface area contributed by atoms with E-state index in [1.165, 1.54) is 0 Å². The number of fused-ring (bicyclic) bond motifs is 1. The molecule has 0 bridgehead atoms. The lowest BCUT2D eigenvalue weighted by atomic mass is 10.2. The third-order valence-corrected chi connectivity index (χ3v) is 2.74. The second kappa shape index (κ2) is 5.62. The molecule has 0 unspecified atom stereocenters. The van der Waals surface area contributed by atoms with E-state index >= 15 is 0 Å². The number of hydrogen-bond acceptors (Lipinski definition) is 3. The maximum atomic E-state index is 11.8. The monoisotopic (exact) mass is 250 g/mol. The van der Waals surface area contributed by atoms with Crippen LogP contribution < -0.4 is 19.7 Å².